The molecule has 0 bridgehead atoms. The number of carbonyl (C=O) groups is 4. The molecule has 5 atom stereocenters. The quantitative estimate of drug-likeness (QED) is 0.269. The van der Waals surface area contributed by atoms with Gasteiger partial charge < -0.3 is 30.7 Å². The summed E-state index contributed by atoms with van der Waals surface area (Å²) < 4.78 is 6.52. The highest BCUT2D eigenvalue weighted by Crippen LogP contribution is 2.45. The number of carboxylic acids is 1. The summed E-state index contributed by atoms with van der Waals surface area (Å²) in [4.78, 5) is 66.0. The standard InChI is InChI=1S/C36H42N6O6S/c43-31-28-19-24(48-32-30(29-17-10-18-49-29)38-25-14-8-9-15-26(25)39-32)21-42(28)33(44)27(40-35(47)37-23-12-6-7-13-23)16-5-3-1-2-4-11-22-20-36(22,41-31)34(45)46/h4,8-11,14-15,17-18,22-24,27-28H,1-3,5-7,12-13,16,19-21H2,(H,41,43)(H,45,46)(H2,37,40,47)/b11-4-/t22?,24-,27-,28?,36?/m1/s1. The van der Waals surface area contributed by atoms with E-state index in [1.807, 2.05) is 53.9 Å². The van der Waals surface area contributed by atoms with E-state index in [0.717, 1.165) is 49.8 Å². The Kier molecular flexibility index (Phi) is 9.53. The molecule has 4 amide bonds. The predicted octanol–water partition coefficient (Wildman–Crippen LogP) is 4.80. The molecule has 2 aliphatic carbocycles. The second-order valence-electron chi connectivity index (χ2n) is 13.6. The van der Waals surface area contributed by atoms with Crippen molar-refractivity contribution >= 4 is 46.2 Å². The van der Waals surface area contributed by atoms with Gasteiger partial charge in [0.1, 0.15) is 29.4 Å². The first-order chi connectivity index (χ1) is 23.8. The summed E-state index contributed by atoms with van der Waals surface area (Å²) in [6.07, 6.45) is 11.2. The number of ether oxygens (including phenoxy) is 1. The van der Waals surface area contributed by atoms with Crippen LogP contribution in [-0.2, 0) is 14.4 Å². The van der Waals surface area contributed by atoms with Crippen molar-refractivity contribution in [3.05, 3.63) is 53.9 Å². The van der Waals surface area contributed by atoms with Gasteiger partial charge in [-0.1, -0.05) is 56.0 Å². The van der Waals surface area contributed by atoms with Crippen molar-refractivity contribution in [1.29, 1.82) is 0 Å². The van der Waals surface area contributed by atoms with Crippen molar-refractivity contribution in [2.75, 3.05) is 6.54 Å². The van der Waals surface area contributed by atoms with Gasteiger partial charge in [-0.3, -0.25) is 9.59 Å². The summed E-state index contributed by atoms with van der Waals surface area (Å²) in [6.45, 7) is 0.0567. The van der Waals surface area contributed by atoms with Crippen molar-refractivity contribution < 1.29 is 29.0 Å². The second kappa shape index (κ2) is 14.1. The first kappa shape index (κ1) is 33.0. The largest absolute Gasteiger partial charge is 0.479 e. The molecule has 0 radical (unpaired) electrons. The van der Waals surface area contributed by atoms with Crippen molar-refractivity contribution in [2.45, 2.75) is 100 Å². The number of nitrogens with zero attached hydrogens (tertiary/aromatic N) is 3. The normalized spacial score (nSPS) is 28.4. The third kappa shape index (κ3) is 7.12. The molecule has 2 saturated carbocycles. The maximum atomic E-state index is 14.4. The molecule has 2 aromatic heterocycles. The summed E-state index contributed by atoms with van der Waals surface area (Å²) in [6, 6.07) is 9.17. The molecule has 4 N–H and O–H groups in total. The lowest BCUT2D eigenvalue weighted by Crippen LogP contribution is -2.57. The molecule has 4 aliphatic rings. The maximum absolute atomic E-state index is 14.4. The number of hydrogen-bond acceptors (Lipinski definition) is 8. The van der Waals surface area contributed by atoms with Gasteiger partial charge in [0.25, 0.3) is 0 Å². The second-order valence-corrected chi connectivity index (χ2v) is 14.6. The van der Waals surface area contributed by atoms with Gasteiger partial charge in [-0.15, -0.1) is 11.3 Å². The van der Waals surface area contributed by atoms with E-state index in [9.17, 15) is 24.3 Å². The minimum atomic E-state index is -1.42. The van der Waals surface area contributed by atoms with E-state index in [2.05, 4.69) is 16.0 Å². The molecular formula is C36H42N6O6S. The van der Waals surface area contributed by atoms with E-state index in [0.29, 0.717) is 35.4 Å². The number of aliphatic carboxylic acids is 1. The van der Waals surface area contributed by atoms with Crippen LogP contribution in [0.4, 0.5) is 4.79 Å². The predicted molar refractivity (Wildman–Crippen MR) is 184 cm³/mol. The van der Waals surface area contributed by atoms with E-state index in [1.165, 1.54) is 16.2 Å². The van der Waals surface area contributed by atoms with Gasteiger partial charge >= 0.3 is 12.0 Å². The number of allylic oxidation sites excluding steroid dienone is 1. The summed E-state index contributed by atoms with van der Waals surface area (Å²) in [7, 11) is 0. The van der Waals surface area contributed by atoms with Crippen LogP contribution < -0.4 is 20.7 Å². The molecule has 3 fully saturated rings. The Morgan fingerprint density at radius 1 is 0.980 bits per heavy atom. The van der Waals surface area contributed by atoms with Crippen LogP contribution >= 0.6 is 11.3 Å². The molecule has 1 aromatic carbocycles. The number of carbonyl (C=O) groups excluding carboxylic acids is 3. The van der Waals surface area contributed by atoms with Crippen LogP contribution in [0.5, 0.6) is 5.88 Å². The van der Waals surface area contributed by atoms with Crippen LogP contribution in [-0.4, -0.2) is 80.1 Å². The van der Waals surface area contributed by atoms with Gasteiger partial charge in [-0.25, -0.2) is 19.6 Å². The molecule has 0 spiro atoms. The number of hydrogen-bond donors (Lipinski definition) is 4. The fourth-order valence-electron chi connectivity index (χ4n) is 7.40. The van der Waals surface area contributed by atoms with Crippen molar-refractivity contribution in [3.8, 4) is 16.5 Å². The van der Waals surface area contributed by atoms with Crippen LogP contribution in [0.1, 0.15) is 70.6 Å². The molecule has 3 unspecified atom stereocenters. The number of aromatic nitrogens is 2. The average Bonchev–Trinajstić information content (AvgIpc) is 3.58. The van der Waals surface area contributed by atoms with E-state index < -0.39 is 41.6 Å². The number of carboxylic acid groups (broad SMARTS) is 1. The van der Waals surface area contributed by atoms with Crippen molar-refractivity contribution in [3.63, 3.8) is 0 Å². The van der Waals surface area contributed by atoms with Crippen LogP contribution in [0, 0.1) is 5.92 Å². The van der Waals surface area contributed by atoms with Crippen molar-refractivity contribution in [1.82, 2.24) is 30.8 Å². The molecule has 7 rings (SSSR count). The zero-order chi connectivity index (χ0) is 34.0. The Hall–Kier alpha value is -4.52. The van der Waals surface area contributed by atoms with E-state index in [4.69, 9.17) is 14.7 Å². The summed E-state index contributed by atoms with van der Waals surface area (Å²) in [5.74, 6) is -2.07. The number of benzene rings is 1. The SMILES string of the molecule is O=C(NC1CCCC1)N[C@@H]1CCCCC/C=C\C2CC2(C(=O)O)NC(=O)C2C[C@@H](Oc3nc4ccccc4nc3-c3cccs3)CN2C1=O. The highest BCUT2D eigenvalue weighted by molar-refractivity contribution is 7.13. The lowest BCUT2D eigenvalue weighted by molar-refractivity contribution is -0.145. The van der Waals surface area contributed by atoms with E-state index in [1.54, 1.807) is 0 Å². The third-order valence-electron chi connectivity index (χ3n) is 10.2. The topological polar surface area (TPSA) is 163 Å². The molecule has 12 nitrogen and oxygen atoms in total. The molecule has 2 aliphatic heterocycles. The number of fused-ring (bicyclic) bond motifs is 3. The summed E-state index contributed by atoms with van der Waals surface area (Å²) in [5.41, 5.74) is 0.502. The first-order valence-electron chi connectivity index (χ1n) is 17.4. The molecular weight excluding hydrogens is 644 g/mol. The van der Waals surface area contributed by atoms with Gasteiger partial charge in [0, 0.05) is 18.4 Å². The fraction of sp³-hybridized carbons (Fsp3) is 0.500. The van der Waals surface area contributed by atoms with Gasteiger partial charge in [-0.05, 0) is 62.1 Å². The van der Waals surface area contributed by atoms with Crippen LogP contribution in [0.2, 0.25) is 0 Å². The molecule has 13 heteroatoms. The zero-order valence-corrected chi connectivity index (χ0v) is 28.1. The molecule has 1 saturated heterocycles. The highest BCUT2D eigenvalue weighted by Gasteiger charge is 2.61. The van der Waals surface area contributed by atoms with E-state index in [-0.39, 0.29) is 37.3 Å². The fourth-order valence-corrected chi connectivity index (χ4v) is 8.11. The lowest BCUT2D eigenvalue weighted by Gasteiger charge is -2.29. The van der Waals surface area contributed by atoms with Gasteiger partial charge in [-0.2, -0.15) is 0 Å². The van der Waals surface area contributed by atoms with Crippen LogP contribution in [0.15, 0.2) is 53.9 Å². The lowest BCUT2D eigenvalue weighted by atomic mass is 10.0. The molecule has 3 aromatic rings. The first-order valence-corrected chi connectivity index (χ1v) is 18.3. The Bertz CT molecular complexity index is 1740. The third-order valence-corrected chi connectivity index (χ3v) is 11.1. The van der Waals surface area contributed by atoms with Gasteiger partial charge in [0.15, 0.2) is 0 Å². The molecule has 49 heavy (non-hydrogen) atoms. The van der Waals surface area contributed by atoms with Gasteiger partial charge in [0.2, 0.25) is 17.7 Å². The number of urea groups is 1. The Labute approximate surface area is 288 Å². The summed E-state index contributed by atoms with van der Waals surface area (Å²) >= 11 is 1.50. The summed E-state index contributed by atoms with van der Waals surface area (Å²) in [5, 5.41) is 20.9. The van der Waals surface area contributed by atoms with Crippen molar-refractivity contribution in [2.24, 2.45) is 5.92 Å². The van der Waals surface area contributed by atoms with Gasteiger partial charge in [0.05, 0.1) is 22.5 Å². The zero-order valence-electron chi connectivity index (χ0n) is 27.3. The highest BCUT2D eigenvalue weighted by atomic mass is 32.1. The molecule has 258 valence electrons. The number of nitrogens with one attached hydrogen (secondary N) is 3. The van der Waals surface area contributed by atoms with E-state index >= 15 is 0 Å². The number of para-hydroxylation sites is 2. The van der Waals surface area contributed by atoms with Crippen LogP contribution in [0.25, 0.3) is 21.6 Å². The molecule has 4 heterocycles. The smallest absolute Gasteiger partial charge is 0.330 e. The monoisotopic (exact) mass is 686 g/mol. The number of amides is 4. The number of thiophene rings is 1. The Balaban J connectivity index is 1.19. The number of rotatable bonds is 6. The minimum Gasteiger partial charge on any atom is -0.479 e. The van der Waals surface area contributed by atoms with Crippen LogP contribution in [0.3, 0.4) is 0 Å². The Morgan fingerprint density at radius 3 is 2.51 bits per heavy atom. The Morgan fingerprint density at radius 2 is 1.76 bits per heavy atom. The average molecular weight is 687 g/mol. The minimum absolute atomic E-state index is 0.0567. The maximum Gasteiger partial charge on any atom is 0.330 e.